The highest BCUT2D eigenvalue weighted by Crippen LogP contribution is 2.34. The first-order chi connectivity index (χ1) is 10.0. The number of ether oxygens (including phenoxy) is 2. The second kappa shape index (κ2) is 6.98. The Balaban J connectivity index is 2.19. The van der Waals surface area contributed by atoms with Gasteiger partial charge in [-0.05, 0) is 6.07 Å². The molecule has 2 rings (SSSR count). The number of carbonyl (C=O) groups is 1. The maximum Gasteiger partial charge on any atom is 0.305 e. The Bertz CT molecular complexity index is 522. The van der Waals surface area contributed by atoms with Crippen LogP contribution in [-0.4, -0.2) is 54.0 Å². The van der Waals surface area contributed by atoms with E-state index in [9.17, 15) is 9.90 Å². The van der Waals surface area contributed by atoms with E-state index in [2.05, 4.69) is 0 Å². The molecule has 1 heterocycles. The molecular formula is C14H18ClNO5. The van der Waals surface area contributed by atoms with Crippen LogP contribution in [0.25, 0.3) is 0 Å². The van der Waals surface area contributed by atoms with Gasteiger partial charge in [-0.15, -0.1) is 0 Å². The predicted molar refractivity (Wildman–Crippen MR) is 76.9 cm³/mol. The lowest BCUT2D eigenvalue weighted by molar-refractivity contribution is -0.140. The van der Waals surface area contributed by atoms with Crippen molar-refractivity contribution in [1.82, 2.24) is 4.90 Å². The van der Waals surface area contributed by atoms with Gasteiger partial charge in [0, 0.05) is 35.8 Å². The van der Waals surface area contributed by atoms with Gasteiger partial charge in [0.2, 0.25) is 0 Å². The van der Waals surface area contributed by atoms with Crippen molar-refractivity contribution in [3.63, 3.8) is 0 Å². The number of nitrogens with zero attached hydrogens (tertiary/aromatic N) is 1. The van der Waals surface area contributed by atoms with Gasteiger partial charge in [0.05, 0.1) is 26.7 Å². The number of hydrogen-bond donors (Lipinski definition) is 2. The van der Waals surface area contributed by atoms with Crippen molar-refractivity contribution in [2.45, 2.75) is 19.0 Å². The maximum atomic E-state index is 10.9. The van der Waals surface area contributed by atoms with Crippen LogP contribution in [0.5, 0.6) is 11.5 Å². The minimum Gasteiger partial charge on any atom is -0.504 e. The second-order valence-corrected chi connectivity index (χ2v) is 5.35. The number of carboxylic acid groups (broad SMARTS) is 1. The molecule has 1 aromatic carbocycles. The highest BCUT2D eigenvalue weighted by Gasteiger charge is 2.26. The molecule has 1 aromatic rings. The summed E-state index contributed by atoms with van der Waals surface area (Å²) in [5.41, 5.74) is 0.608. The predicted octanol–water partition coefficient (Wildman–Crippen LogP) is 1.73. The van der Waals surface area contributed by atoms with Crippen LogP contribution < -0.4 is 4.74 Å². The topological polar surface area (TPSA) is 79.2 Å². The fraction of sp³-hybridized carbons (Fsp3) is 0.500. The molecule has 0 aromatic heterocycles. The minimum absolute atomic E-state index is 0.00153. The highest BCUT2D eigenvalue weighted by molar-refractivity contribution is 6.30. The summed E-state index contributed by atoms with van der Waals surface area (Å²) in [6.45, 7) is 1.90. The van der Waals surface area contributed by atoms with Crippen LogP contribution in [0.4, 0.5) is 0 Å². The summed E-state index contributed by atoms with van der Waals surface area (Å²) in [7, 11) is 1.46. The third-order valence-electron chi connectivity index (χ3n) is 3.47. The Labute approximate surface area is 127 Å². The molecule has 0 bridgehead atoms. The van der Waals surface area contributed by atoms with Crippen molar-refractivity contribution >= 4 is 17.6 Å². The number of hydrogen-bond acceptors (Lipinski definition) is 5. The molecule has 1 saturated heterocycles. The lowest BCUT2D eigenvalue weighted by Gasteiger charge is -2.35. The van der Waals surface area contributed by atoms with Gasteiger partial charge in [-0.25, -0.2) is 0 Å². The number of aromatic hydroxyl groups is 1. The molecule has 0 spiro atoms. The van der Waals surface area contributed by atoms with Gasteiger partial charge < -0.3 is 19.7 Å². The number of morpholine rings is 1. The number of phenolic OH excluding ortho intramolecular Hbond substituents is 1. The summed E-state index contributed by atoms with van der Waals surface area (Å²) < 4.78 is 10.4. The lowest BCUT2D eigenvalue weighted by Crippen LogP contribution is -2.45. The summed E-state index contributed by atoms with van der Waals surface area (Å²) in [5, 5.41) is 19.6. The van der Waals surface area contributed by atoms with E-state index in [-0.39, 0.29) is 18.2 Å². The largest absolute Gasteiger partial charge is 0.504 e. The third-order valence-corrected chi connectivity index (χ3v) is 3.69. The van der Waals surface area contributed by atoms with Crippen LogP contribution in [0.3, 0.4) is 0 Å². The maximum absolute atomic E-state index is 10.9. The van der Waals surface area contributed by atoms with Crippen LogP contribution in [0.15, 0.2) is 12.1 Å². The molecule has 7 heteroatoms. The summed E-state index contributed by atoms with van der Waals surface area (Å²) >= 11 is 6.01. The van der Waals surface area contributed by atoms with Crippen LogP contribution in [0.2, 0.25) is 5.02 Å². The van der Waals surface area contributed by atoms with Gasteiger partial charge in [0.25, 0.3) is 0 Å². The quantitative estimate of drug-likeness (QED) is 0.861. The molecule has 1 unspecified atom stereocenters. The summed E-state index contributed by atoms with van der Waals surface area (Å²) in [5.74, 6) is -0.536. The molecule has 6 nitrogen and oxygen atoms in total. The molecule has 0 amide bonds. The Morgan fingerprint density at radius 2 is 2.33 bits per heavy atom. The Morgan fingerprint density at radius 3 is 3.00 bits per heavy atom. The van der Waals surface area contributed by atoms with Crippen LogP contribution >= 0.6 is 11.6 Å². The van der Waals surface area contributed by atoms with Crippen molar-refractivity contribution in [3.8, 4) is 11.5 Å². The van der Waals surface area contributed by atoms with Crippen molar-refractivity contribution in [2.75, 3.05) is 26.9 Å². The molecule has 116 valence electrons. The molecule has 21 heavy (non-hydrogen) atoms. The van der Waals surface area contributed by atoms with Crippen LogP contribution in [-0.2, 0) is 16.1 Å². The van der Waals surface area contributed by atoms with Crippen LogP contribution in [0.1, 0.15) is 12.0 Å². The molecule has 1 aliphatic heterocycles. The number of aliphatic carboxylic acids is 1. The SMILES string of the molecule is COc1cc(Cl)cc(CN2CCOCC2CC(=O)O)c1O. The van der Waals surface area contributed by atoms with Gasteiger partial charge in [-0.1, -0.05) is 11.6 Å². The van der Waals surface area contributed by atoms with Crippen LogP contribution in [0, 0.1) is 0 Å². The first kappa shape index (κ1) is 15.9. The third kappa shape index (κ3) is 4.00. The van der Waals surface area contributed by atoms with Crippen molar-refractivity contribution in [3.05, 3.63) is 22.7 Å². The molecule has 0 saturated carbocycles. The zero-order chi connectivity index (χ0) is 15.4. The van der Waals surface area contributed by atoms with Crippen molar-refractivity contribution in [1.29, 1.82) is 0 Å². The number of phenols is 1. The standard InChI is InChI=1S/C14H18ClNO5/c1-20-12-5-10(15)4-9(14(12)19)7-16-2-3-21-8-11(16)6-13(17)18/h4-5,11,19H,2-3,6-8H2,1H3,(H,17,18). The van der Waals surface area contributed by atoms with Gasteiger partial charge in [-0.2, -0.15) is 0 Å². The summed E-state index contributed by atoms with van der Waals surface area (Å²) in [6, 6.07) is 2.97. The monoisotopic (exact) mass is 315 g/mol. The van der Waals surface area contributed by atoms with Gasteiger partial charge in [-0.3, -0.25) is 9.69 Å². The molecule has 2 N–H and O–H groups in total. The number of halogens is 1. The van der Waals surface area contributed by atoms with Crippen molar-refractivity contribution in [2.24, 2.45) is 0 Å². The smallest absolute Gasteiger partial charge is 0.305 e. The fourth-order valence-electron chi connectivity index (χ4n) is 2.41. The van der Waals surface area contributed by atoms with E-state index >= 15 is 0 Å². The molecule has 1 fully saturated rings. The van der Waals surface area contributed by atoms with E-state index in [1.54, 1.807) is 6.07 Å². The Hall–Kier alpha value is -1.50. The highest BCUT2D eigenvalue weighted by atomic mass is 35.5. The molecule has 1 aliphatic rings. The van der Waals surface area contributed by atoms with E-state index in [1.807, 2.05) is 4.90 Å². The Kier molecular flexibility index (Phi) is 5.27. The normalized spacial score (nSPS) is 19.4. The van der Waals surface area contributed by atoms with E-state index in [1.165, 1.54) is 13.2 Å². The first-order valence-electron chi connectivity index (χ1n) is 6.60. The molecular weight excluding hydrogens is 298 g/mol. The first-order valence-corrected chi connectivity index (χ1v) is 6.98. The fourth-order valence-corrected chi connectivity index (χ4v) is 2.64. The zero-order valence-electron chi connectivity index (χ0n) is 11.7. The average molecular weight is 316 g/mol. The number of rotatable bonds is 5. The molecule has 0 radical (unpaired) electrons. The van der Waals surface area contributed by atoms with Gasteiger partial charge in [0.15, 0.2) is 11.5 Å². The van der Waals surface area contributed by atoms with E-state index in [0.29, 0.717) is 42.6 Å². The number of benzene rings is 1. The lowest BCUT2D eigenvalue weighted by atomic mass is 10.1. The molecule has 1 atom stereocenters. The average Bonchev–Trinajstić information content (AvgIpc) is 2.44. The number of methoxy groups -OCH3 is 1. The summed E-state index contributed by atoms with van der Waals surface area (Å²) in [6.07, 6.45) is -0.00153. The van der Waals surface area contributed by atoms with Crippen molar-refractivity contribution < 1.29 is 24.5 Å². The zero-order valence-corrected chi connectivity index (χ0v) is 12.5. The van der Waals surface area contributed by atoms with Gasteiger partial charge in [0.1, 0.15) is 0 Å². The minimum atomic E-state index is -0.872. The van der Waals surface area contributed by atoms with E-state index in [4.69, 9.17) is 26.2 Å². The van der Waals surface area contributed by atoms with Gasteiger partial charge >= 0.3 is 5.97 Å². The summed E-state index contributed by atoms with van der Waals surface area (Å²) in [4.78, 5) is 12.9. The molecule has 0 aliphatic carbocycles. The number of carboxylic acids is 1. The second-order valence-electron chi connectivity index (χ2n) is 4.91. The van der Waals surface area contributed by atoms with E-state index in [0.717, 1.165) is 0 Å². The Morgan fingerprint density at radius 1 is 1.57 bits per heavy atom. The van der Waals surface area contributed by atoms with E-state index < -0.39 is 5.97 Å².